The zero-order valence-corrected chi connectivity index (χ0v) is 11.6. The van der Waals surface area contributed by atoms with Crippen molar-refractivity contribution < 1.29 is 14.3 Å². The molecule has 6 heteroatoms. The SMILES string of the molecule is CCOC(=O)[C@@H]1CCCN(C(=O)c2cc(Cl)c[nH]2)C1. The molecule has 19 heavy (non-hydrogen) atoms. The quantitative estimate of drug-likeness (QED) is 0.865. The van der Waals surface area contributed by atoms with Gasteiger partial charge in [0.2, 0.25) is 0 Å². The Labute approximate surface area is 116 Å². The average molecular weight is 285 g/mol. The number of amides is 1. The fraction of sp³-hybridized carbons (Fsp3) is 0.538. The number of esters is 1. The van der Waals surface area contributed by atoms with Crippen LogP contribution in [0.5, 0.6) is 0 Å². The van der Waals surface area contributed by atoms with Crippen LogP contribution in [0.3, 0.4) is 0 Å². The molecule has 1 aliphatic rings. The van der Waals surface area contributed by atoms with E-state index < -0.39 is 0 Å². The largest absolute Gasteiger partial charge is 0.466 e. The Morgan fingerprint density at radius 1 is 1.58 bits per heavy atom. The van der Waals surface area contributed by atoms with E-state index in [4.69, 9.17) is 16.3 Å². The molecule has 2 heterocycles. The van der Waals surface area contributed by atoms with Crippen molar-refractivity contribution in [3.8, 4) is 0 Å². The van der Waals surface area contributed by atoms with Crippen LogP contribution in [0.15, 0.2) is 12.3 Å². The summed E-state index contributed by atoms with van der Waals surface area (Å²) in [6.45, 7) is 3.22. The van der Waals surface area contributed by atoms with E-state index in [9.17, 15) is 9.59 Å². The van der Waals surface area contributed by atoms with Crippen LogP contribution in [0.25, 0.3) is 0 Å². The van der Waals surface area contributed by atoms with Crippen molar-refractivity contribution in [3.63, 3.8) is 0 Å². The highest BCUT2D eigenvalue weighted by molar-refractivity contribution is 6.30. The molecule has 2 rings (SSSR count). The van der Waals surface area contributed by atoms with Crippen LogP contribution < -0.4 is 0 Å². The summed E-state index contributed by atoms with van der Waals surface area (Å²) in [4.78, 5) is 28.4. The minimum atomic E-state index is -0.219. The molecule has 1 saturated heterocycles. The van der Waals surface area contributed by atoms with Gasteiger partial charge in [-0.2, -0.15) is 0 Å². The number of carbonyl (C=O) groups is 2. The number of aromatic nitrogens is 1. The van der Waals surface area contributed by atoms with Gasteiger partial charge >= 0.3 is 5.97 Å². The van der Waals surface area contributed by atoms with Crippen LogP contribution in [0.4, 0.5) is 0 Å². The van der Waals surface area contributed by atoms with Crippen molar-refractivity contribution in [3.05, 3.63) is 23.0 Å². The average Bonchev–Trinajstić information content (AvgIpc) is 2.85. The number of H-pyrrole nitrogens is 1. The van der Waals surface area contributed by atoms with E-state index in [0.717, 1.165) is 12.8 Å². The second-order valence-electron chi connectivity index (χ2n) is 4.57. The maximum absolute atomic E-state index is 12.2. The Morgan fingerprint density at radius 2 is 2.37 bits per heavy atom. The molecular formula is C13H17ClN2O3. The molecule has 0 radical (unpaired) electrons. The van der Waals surface area contributed by atoms with Crippen LogP contribution in [0, 0.1) is 5.92 Å². The topological polar surface area (TPSA) is 62.4 Å². The predicted molar refractivity (Wildman–Crippen MR) is 71.1 cm³/mol. The second kappa shape index (κ2) is 6.10. The Kier molecular flexibility index (Phi) is 4.47. The van der Waals surface area contributed by atoms with Gasteiger partial charge in [-0.25, -0.2) is 0 Å². The number of nitrogens with one attached hydrogen (secondary N) is 1. The summed E-state index contributed by atoms with van der Waals surface area (Å²) in [6.07, 6.45) is 3.15. The van der Waals surface area contributed by atoms with Gasteiger partial charge in [0.15, 0.2) is 0 Å². The maximum atomic E-state index is 12.2. The fourth-order valence-corrected chi connectivity index (χ4v) is 2.44. The van der Waals surface area contributed by atoms with Gasteiger partial charge in [0, 0.05) is 19.3 Å². The number of piperidine rings is 1. The van der Waals surface area contributed by atoms with Crippen molar-refractivity contribution >= 4 is 23.5 Å². The van der Waals surface area contributed by atoms with Gasteiger partial charge in [-0.05, 0) is 25.8 Å². The molecule has 1 aliphatic heterocycles. The smallest absolute Gasteiger partial charge is 0.310 e. The molecule has 1 aromatic rings. The number of carbonyl (C=O) groups excluding carboxylic acids is 2. The minimum Gasteiger partial charge on any atom is -0.466 e. The highest BCUT2D eigenvalue weighted by atomic mass is 35.5. The van der Waals surface area contributed by atoms with E-state index in [1.54, 1.807) is 24.1 Å². The van der Waals surface area contributed by atoms with E-state index in [1.165, 1.54) is 0 Å². The van der Waals surface area contributed by atoms with Crippen molar-refractivity contribution in [2.24, 2.45) is 5.92 Å². The summed E-state index contributed by atoms with van der Waals surface area (Å²) in [5, 5.41) is 0.502. The summed E-state index contributed by atoms with van der Waals surface area (Å²) in [5.41, 5.74) is 0.453. The van der Waals surface area contributed by atoms with Crippen molar-refractivity contribution in [2.75, 3.05) is 19.7 Å². The molecule has 0 aliphatic carbocycles. The van der Waals surface area contributed by atoms with Gasteiger partial charge in [0.05, 0.1) is 17.5 Å². The number of rotatable bonds is 3. The molecule has 1 aromatic heterocycles. The molecule has 1 amide bonds. The Balaban J connectivity index is 2.01. The van der Waals surface area contributed by atoms with Gasteiger partial charge in [-0.1, -0.05) is 11.6 Å². The molecule has 0 unspecified atom stereocenters. The van der Waals surface area contributed by atoms with E-state index in [2.05, 4.69) is 4.98 Å². The molecule has 0 aromatic carbocycles. The van der Waals surface area contributed by atoms with Crippen LogP contribution in [0.1, 0.15) is 30.3 Å². The first-order valence-corrected chi connectivity index (χ1v) is 6.79. The monoisotopic (exact) mass is 284 g/mol. The maximum Gasteiger partial charge on any atom is 0.310 e. The molecule has 0 spiro atoms. The number of aromatic amines is 1. The Hall–Kier alpha value is -1.49. The normalized spacial score (nSPS) is 19.3. The Bertz CT molecular complexity index is 472. The number of ether oxygens (including phenoxy) is 1. The fourth-order valence-electron chi connectivity index (χ4n) is 2.28. The van der Waals surface area contributed by atoms with E-state index in [-0.39, 0.29) is 17.8 Å². The molecule has 1 atom stereocenters. The third kappa shape index (κ3) is 3.29. The lowest BCUT2D eigenvalue weighted by Crippen LogP contribution is -2.42. The van der Waals surface area contributed by atoms with Crippen molar-refractivity contribution in [1.29, 1.82) is 0 Å². The molecule has 0 bridgehead atoms. The van der Waals surface area contributed by atoms with Crippen LogP contribution in [-0.4, -0.2) is 41.5 Å². The van der Waals surface area contributed by atoms with Crippen LogP contribution in [-0.2, 0) is 9.53 Å². The van der Waals surface area contributed by atoms with Crippen LogP contribution >= 0.6 is 11.6 Å². The van der Waals surface area contributed by atoms with Gasteiger partial charge < -0.3 is 14.6 Å². The highest BCUT2D eigenvalue weighted by Gasteiger charge is 2.30. The van der Waals surface area contributed by atoms with Crippen molar-refractivity contribution in [1.82, 2.24) is 9.88 Å². The summed E-state index contributed by atoms with van der Waals surface area (Å²) < 4.78 is 5.01. The van der Waals surface area contributed by atoms with E-state index >= 15 is 0 Å². The molecule has 1 N–H and O–H groups in total. The first-order valence-electron chi connectivity index (χ1n) is 6.41. The summed E-state index contributed by atoms with van der Waals surface area (Å²) in [7, 11) is 0. The van der Waals surface area contributed by atoms with Crippen LogP contribution in [0.2, 0.25) is 5.02 Å². The zero-order chi connectivity index (χ0) is 13.8. The molecule has 5 nitrogen and oxygen atoms in total. The lowest BCUT2D eigenvalue weighted by molar-refractivity contribution is -0.149. The van der Waals surface area contributed by atoms with Gasteiger partial charge in [0.1, 0.15) is 5.69 Å². The first kappa shape index (κ1) is 13.9. The van der Waals surface area contributed by atoms with E-state index in [0.29, 0.717) is 30.4 Å². The number of likely N-dealkylation sites (tertiary alicyclic amines) is 1. The lowest BCUT2D eigenvalue weighted by atomic mass is 9.98. The summed E-state index contributed by atoms with van der Waals surface area (Å²) >= 11 is 5.79. The Morgan fingerprint density at radius 3 is 3.00 bits per heavy atom. The van der Waals surface area contributed by atoms with Gasteiger partial charge in [-0.3, -0.25) is 9.59 Å². The second-order valence-corrected chi connectivity index (χ2v) is 5.01. The number of halogens is 1. The van der Waals surface area contributed by atoms with Gasteiger partial charge in [-0.15, -0.1) is 0 Å². The number of hydrogen-bond acceptors (Lipinski definition) is 3. The van der Waals surface area contributed by atoms with Crippen molar-refractivity contribution in [2.45, 2.75) is 19.8 Å². The summed E-state index contributed by atoms with van der Waals surface area (Å²) in [6, 6.07) is 1.60. The zero-order valence-electron chi connectivity index (χ0n) is 10.8. The standard InChI is InChI=1S/C13H17ClN2O3/c1-2-19-13(18)9-4-3-5-16(8-9)12(17)11-6-10(14)7-15-11/h6-7,9,15H,2-5,8H2,1H3/t9-/m1/s1. The molecule has 1 fully saturated rings. The first-order chi connectivity index (χ1) is 9.11. The summed E-state index contributed by atoms with van der Waals surface area (Å²) in [5.74, 6) is -0.562. The number of nitrogens with zero attached hydrogens (tertiary/aromatic N) is 1. The third-order valence-electron chi connectivity index (χ3n) is 3.21. The minimum absolute atomic E-state index is 0.124. The van der Waals surface area contributed by atoms with E-state index in [1.807, 2.05) is 0 Å². The lowest BCUT2D eigenvalue weighted by Gasteiger charge is -2.31. The molecule has 104 valence electrons. The highest BCUT2D eigenvalue weighted by Crippen LogP contribution is 2.20. The number of hydrogen-bond donors (Lipinski definition) is 1. The molecule has 0 saturated carbocycles. The molecular weight excluding hydrogens is 268 g/mol. The third-order valence-corrected chi connectivity index (χ3v) is 3.42. The predicted octanol–water partition coefficient (Wildman–Crippen LogP) is 2.08. The van der Waals surface area contributed by atoms with Gasteiger partial charge in [0.25, 0.3) is 5.91 Å².